The summed E-state index contributed by atoms with van der Waals surface area (Å²) in [5.41, 5.74) is 7.31. The molecule has 2 unspecified atom stereocenters. The van der Waals surface area contributed by atoms with Gasteiger partial charge in [0.1, 0.15) is 11.6 Å². The molecule has 0 bridgehead atoms. The van der Waals surface area contributed by atoms with Crippen molar-refractivity contribution in [3.63, 3.8) is 0 Å². The number of hydrogen-bond donors (Lipinski definition) is 1. The Labute approximate surface area is 165 Å². The van der Waals surface area contributed by atoms with Gasteiger partial charge < -0.3 is 10.6 Å². The van der Waals surface area contributed by atoms with Gasteiger partial charge in [-0.05, 0) is 41.7 Å². The van der Waals surface area contributed by atoms with Gasteiger partial charge in [0.05, 0.1) is 12.1 Å². The number of nitrogens with zero attached hydrogens (tertiary/aromatic N) is 1. The van der Waals surface area contributed by atoms with Crippen LogP contribution < -0.4 is 5.73 Å². The zero-order chi connectivity index (χ0) is 21.1. The maximum absolute atomic E-state index is 14.3. The van der Waals surface area contributed by atoms with Crippen LogP contribution in [0, 0.1) is 17.0 Å². The molecule has 28 heavy (non-hydrogen) atoms. The number of halogens is 2. The van der Waals surface area contributed by atoms with Gasteiger partial charge in [0, 0.05) is 12.1 Å². The van der Waals surface area contributed by atoms with Crippen molar-refractivity contribution in [3.05, 3.63) is 77.9 Å². The molecular formula is C23H28F2N2O. The number of allylic oxidation sites excluding steroid dienone is 3. The number of rotatable bonds is 5. The molecule has 3 nitrogen and oxygen atoms in total. The molecule has 1 aromatic rings. The standard InChI is InChI=1S/C23H28F2N2O/c1-6-8-15(9-7-2)20-12-16(18-13-17(24)10-11-19(18)25)14-27(20)22(28)21(26)23(3,4)5/h6-13,20-21H,1,14,26H2,2-5H3/b9-7-,15-8+. The highest BCUT2D eigenvalue weighted by Crippen LogP contribution is 2.33. The van der Waals surface area contributed by atoms with Crippen LogP contribution in [-0.2, 0) is 4.79 Å². The fraction of sp³-hybridized carbons (Fsp3) is 0.348. The Bertz CT molecular complexity index is 847. The third-order valence-corrected chi connectivity index (χ3v) is 4.80. The Morgan fingerprint density at radius 3 is 2.61 bits per heavy atom. The van der Waals surface area contributed by atoms with E-state index in [1.165, 1.54) is 0 Å². The second kappa shape index (κ2) is 8.65. The summed E-state index contributed by atoms with van der Waals surface area (Å²) in [5, 5.41) is 0. The van der Waals surface area contributed by atoms with Gasteiger partial charge in [-0.3, -0.25) is 4.79 Å². The third kappa shape index (κ3) is 4.65. The molecule has 0 aromatic heterocycles. The van der Waals surface area contributed by atoms with Crippen LogP contribution in [0.25, 0.3) is 5.57 Å². The van der Waals surface area contributed by atoms with Crippen molar-refractivity contribution in [1.82, 2.24) is 4.90 Å². The van der Waals surface area contributed by atoms with Gasteiger partial charge in [-0.1, -0.05) is 57.7 Å². The lowest BCUT2D eigenvalue weighted by atomic mass is 9.86. The quantitative estimate of drug-likeness (QED) is 0.751. The van der Waals surface area contributed by atoms with E-state index in [4.69, 9.17) is 5.73 Å². The summed E-state index contributed by atoms with van der Waals surface area (Å²) in [6.45, 7) is 11.4. The van der Waals surface area contributed by atoms with Gasteiger partial charge in [-0.15, -0.1) is 0 Å². The fourth-order valence-electron chi connectivity index (χ4n) is 3.16. The zero-order valence-electron chi connectivity index (χ0n) is 16.9. The maximum atomic E-state index is 14.3. The van der Waals surface area contributed by atoms with E-state index < -0.39 is 29.1 Å². The first-order chi connectivity index (χ1) is 13.1. The number of amides is 1. The van der Waals surface area contributed by atoms with Gasteiger partial charge in [0.15, 0.2) is 0 Å². The minimum atomic E-state index is -0.726. The summed E-state index contributed by atoms with van der Waals surface area (Å²) in [5.74, 6) is -1.29. The molecule has 1 aliphatic rings. The van der Waals surface area contributed by atoms with Crippen molar-refractivity contribution in [3.8, 4) is 0 Å². The summed E-state index contributed by atoms with van der Waals surface area (Å²) < 4.78 is 28.0. The molecule has 1 amide bonds. The van der Waals surface area contributed by atoms with Crippen LogP contribution in [0.5, 0.6) is 0 Å². The lowest BCUT2D eigenvalue weighted by Crippen LogP contribution is -2.52. The minimum absolute atomic E-state index is 0.152. The highest BCUT2D eigenvalue weighted by Gasteiger charge is 2.38. The highest BCUT2D eigenvalue weighted by molar-refractivity contribution is 5.88. The van der Waals surface area contributed by atoms with Crippen molar-refractivity contribution in [2.75, 3.05) is 6.54 Å². The number of nitrogens with two attached hydrogens (primary N) is 1. The Hall–Kier alpha value is -2.53. The second-order valence-corrected chi connectivity index (χ2v) is 7.97. The van der Waals surface area contributed by atoms with Gasteiger partial charge in [0.2, 0.25) is 5.91 Å². The number of benzene rings is 1. The van der Waals surface area contributed by atoms with E-state index in [0.29, 0.717) is 5.57 Å². The summed E-state index contributed by atoms with van der Waals surface area (Å²) in [6.07, 6.45) is 8.96. The number of carbonyl (C=O) groups is 1. The van der Waals surface area contributed by atoms with E-state index in [9.17, 15) is 13.6 Å². The van der Waals surface area contributed by atoms with Crippen LogP contribution in [-0.4, -0.2) is 29.4 Å². The van der Waals surface area contributed by atoms with E-state index in [0.717, 1.165) is 23.8 Å². The molecule has 0 radical (unpaired) electrons. The summed E-state index contributed by atoms with van der Waals surface area (Å²) in [6, 6.07) is 2.16. The molecule has 0 saturated carbocycles. The van der Waals surface area contributed by atoms with Crippen LogP contribution >= 0.6 is 0 Å². The summed E-state index contributed by atoms with van der Waals surface area (Å²) in [4.78, 5) is 14.8. The normalized spacial score (nSPS) is 19.1. The van der Waals surface area contributed by atoms with E-state index in [1.54, 1.807) is 23.1 Å². The minimum Gasteiger partial charge on any atom is -0.326 e. The van der Waals surface area contributed by atoms with E-state index >= 15 is 0 Å². The molecule has 5 heteroatoms. The first kappa shape index (κ1) is 21.8. The lowest BCUT2D eigenvalue weighted by molar-refractivity contribution is -0.134. The van der Waals surface area contributed by atoms with Crippen molar-refractivity contribution >= 4 is 11.5 Å². The van der Waals surface area contributed by atoms with Gasteiger partial charge in [-0.2, -0.15) is 0 Å². The third-order valence-electron chi connectivity index (χ3n) is 4.80. The molecule has 0 fully saturated rings. The molecule has 0 spiro atoms. The lowest BCUT2D eigenvalue weighted by Gasteiger charge is -2.33. The average molecular weight is 386 g/mol. The fourth-order valence-corrected chi connectivity index (χ4v) is 3.16. The molecule has 1 heterocycles. The van der Waals surface area contributed by atoms with E-state index in [-0.39, 0.29) is 18.0 Å². The van der Waals surface area contributed by atoms with Crippen LogP contribution in [0.3, 0.4) is 0 Å². The molecule has 2 atom stereocenters. The second-order valence-electron chi connectivity index (χ2n) is 7.97. The van der Waals surface area contributed by atoms with Crippen molar-refractivity contribution in [1.29, 1.82) is 0 Å². The largest absolute Gasteiger partial charge is 0.326 e. The Morgan fingerprint density at radius 1 is 1.36 bits per heavy atom. The monoisotopic (exact) mass is 386 g/mol. The summed E-state index contributed by atoms with van der Waals surface area (Å²) in [7, 11) is 0. The van der Waals surface area contributed by atoms with Crippen molar-refractivity contribution < 1.29 is 13.6 Å². The zero-order valence-corrected chi connectivity index (χ0v) is 16.9. The number of hydrogen-bond acceptors (Lipinski definition) is 2. The van der Waals surface area contributed by atoms with Gasteiger partial charge >= 0.3 is 0 Å². The molecule has 0 aliphatic carbocycles. The smallest absolute Gasteiger partial charge is 0.241 e. The molecule has 1 aromatic carbocycles. The molecule has 1 aliphatic heterocycles. The highest BCUT2D eigenvalue weighted by atomic mass is 19.1. The first-order valence-corrected chi connectivity index (χ1v) is 9.27. The Kier molecular flexibility index (Phi) is 6.73. The van der Waals surface area contributed by atoms with Crippen LogP contribution in [0.1, 0.15) is 33.3 Å². The van der Waals surface area contributed by atoms with Gasteiger partial charge in [0.25, 0.3) is 0 Å². The van der Waals surface area contributed by atoms with Gasteiger partial charge in [-0.25, -0.2) is 8.78 Å². The Morgan fingerprint density at radius 2 is 2.04 bits per heavy atom. The predicted molar refractivity (Wildman–Crippen MR) is 110 cm³/mol. The molecule has 150 valence electrons. The van der Waals surface area contributed by atoms with E-state index in [2.05, 4.69) is 6.58 Å². The SMILES string of the molecule is C=C/C=C(\C=C/C)C1C=C(c2cc(F)ccc2F)CN1C(=O)C(N)C(C)(C)C. The van der Waals surface area contributed by atoms with Crippen LogP contribution in [0.15, 0.2) is 60.7 Å². The van der Waals surface area contributed by atoms with Crippen molar-refractivity contribution in [2.45, 2.75) is 39.8 Å². The molecule has 2 rings (SSSR count). The van der Waals surface area contributed by atoms with Crippen molar-refractivity contribution in [2.24, 2.45) is 11.1 Å². The Balaban J connectivity index is 2.53. The maximum Gasteiger partial charge on any atom is 0.241 e. The first-order valence-electron chi connectivity index (χ1n) is 9.27. The predicted octanol–water partition coefficient (Wildman–Crippen LogP) is 4.62. The van der Waals surface area contributed by atoms with Crippen LogP contribution in [0.4, 0.5) is 8.78 Å². The molecule has 0 saturated heterocycles. The van der Waals surface area contributed by atoms with E-state index in [1.807, 2.05) is 39.8 Å². The molecule has 2 N–H and O–H groups in total. The summed E-state index contributed by atoms with van der Waals surface area (Å²) >= 11 is 0. The topological polar surface area (TPSA) is 46.3 Å². The average Bonchev–Trinajstić information content (AvgIpc) is 3.06. The number of carbonyl (C=O) groups excluding carboxylic acids is 1. The molecular weight excluding hydrogens is 358 g/mol. The van der Waals surface area contributed by atoms with Crippen LogP contribution in [0.2, 0.25) is 0 Å².